The summed E-state index contributed by atoms with van der Waals surface area (Å²) in [5, 5.41) is 6.30. The third-order valence-electron chi connectivity index (χ3n) is 3.92. The number of amides is 1. The van der Waals surface area contributed by atoms with Crippen LogP contribution in [0.5, 0.6) is 5.75 Å². The summed E-state index contributed by atoms with van der Waals surface area (Å²) in [5.41, 5.74) is 2.44. The van der Waals surface area contributed by atoms with Crippen molar-refractivity contribution in [3.63, 3.8) is 0 Å². The molecule has 1 atom stereocenters. The summed E-state index contributed by atoms with van der Waals surface area (Å²) in [7, 11) is 0. The normalized spacial score (nSPS) is 11.4. The summed E-state index contributed by atoms with van der Waals surface area (Å²) in [6.45, 7) is 2.46. The highest BCUT2D eigenvalue weighted by Crippen LogP contribution is 2.26. The average molecular weight is 346 g/mol. The smallest absolute Gasteiger partial charge is 0.251 e. The highest BCUT2D eigenvalue weighted by atomic mass is 16.5. The SMILES string of the molecule is CCOc1ccccc1NC(=O)[C@H](Nc1ccccc1)c1ccccc1. The second-order valence-corrected chi connectivity index (χ2v) is 5.77. The van der Waals surface area contributed by atoms with Crippen molar-refractivity contribution in [2.75, 3.05) is 17.2 Å². The molecule has 26 heavy (non-hydrogen) atoms. The number of benzene rings is 3. The Morgan fingerprint density at radius 2 is 1.50 bits per heavy atom. The highest BCUT2D eigenvalue weighted by molar-refractivity contribution is 5.98. The fourth-order valence-electron chi connectivity index (χ4n) is 2.70. The van der Waals surface area contributed by atoms with Gasteiger partial charge in [-0.15, -0.1) is 0 Å². The molecule has 0 heterocycles. The zero-order valence-corrected chi connectivity index (χ0v) is 14.7. The predicted octanol–water partition coefficient (Wildman–Crippen LogP) is 4.88. The number of rotatable bonds is 7. The molecule has 0 aliphatic heterocycles. The summed E-state index contributed by atoms with van der Waals surface area (Å²) in [6.07, 6.45) is 0. The molecule has 0 aliphatic carbocycles. The molecular formula is C22H22N2O2. The lowest BCUT2D eigenvalue weighted by molar-refractivity contribution is -0.117. The van der Waals surface area contributed by atoms with Gasteiger partial charge in [-0.3, -0.25) is 4.79 Å². The van der Waals surface area contributed by atoms with Gasteiger partial charge in [0.25, 0.3) is 5.91 Å². The molecule has 4 nitrogen and oxygen atoms in total. The van der Waals surface area contributed by atoms with Crippen molar-refractivity contribution >= 4 is 17.3 Å². The van der Waals surface area contributed by atoms with Crippen LogP contribution in [0.4, 0.5) is 11.4 Å². The Kier molecular flexibility index (Phi) is 5.88. The van der Waals surface area contributed by atoms with Crippen molar-refractivity contribution < 1.29 is 9.53 Å². The molecule has 0 bridgehead atoms. The standard InChI is InChI=1S/C22H22N2O2/c1-2-26-20-16-10-9-15-19(20)24-22(25)21(17-11-5-3-6-12-17)23-18-13-7-4-8-14-18/h3-16,21,23H,2H2,1H3,(H,24,25)/t21-/m1/s1. The van der Waals surface area contributed by atoms with Gasteiger partial charge in [0.15, 0.2) is 0 Å². The van der Waals surface area contributed by atoms with E-state index in [9.17, 15) is 4.79 Å². The summed E-state index contributed by atoms with van der Waals surface area (Å²) in [5.74, 6) is 0.516. The molecule has 0 aliphatic rings. The number of carbonyl (C=O) groups excluding carboxylic acids is 1. The summed E-state index contributed by atoms with van der Waals surface area (Å²) in [4.78, 5) is 13.0. The highest BCUT2D eigenvalue weighted by Gasteiger charge is 2.21. The molecule has 0 spiro atoms. The minimum absolute atomic E-state index is 0.146. The third kappa shape index (κ3) is 4.42. The first-order chi connectivity index (χ1) is 12.8. The Morgan fingerprint density at radius 3 is 2.19 bits per heavy atom. The van der Waals surface area contributed by atoms with Crippen molar-refractivity contribution in [1.82, 2.24) is 0 Å². The Labute approximate surface area is 153 Å². The molecule has 0 radical (unpaired) electrons. The van der Waals surface area contributed by atoms with Crippen LogP contribution in [0.15, 0.2) is 84.9 Å². The van der Waals surface area contributed by atoms with Gasteiger partial charge in [0.1, 0.15) is 11.8 Å². The summed E-state index contributed by atoms with van der Waals surface area (Å²) >= 11 is 0. The van der Waals surface area contributed by atoms with Crippen molar-refractivity contribution in [1.29, 1.82) is 0 Å². The van der Waals surface area contributed by atoms with E-state index in [1.807, 2.05) is 91.9 Å². The van der Waals surface area contributed by atoms with Crippen LogP contribution in [-0.2, 0) is 4.79 Å². The minimum atomic E-state index is -0.520. The van der Waals surface area contributed by atoms with Gasteiger partial charge in [-0.2, -0.15) is 0 Å². The van der Waals surface area contributed by atoms with E-state index >= 15 is 0 Å². The number of hydrogen-bond acceptors (Lipinski definition) is 3. The van der Waals surface area contributed by atoms with Gasteiger partial charge < -0.3 is 15.4 Å². The summed E-state index contributed by atoms with van der Waals surface area (Å²) in [6, 6.07) is 26.3. The van der Waals surface area contributed by atoms with E-state index in [0.717, 1.165) is 11.3 Å². The number of hydrogen-bond donors (Lipinski definition) is 2. The zero-order chi connectivity index (χ0) is 18.2. The fraction of sp³-hybridized carbons (Fsp3) is 0.136. The van der Waals surface area contributed by atoms with Crippen LogP contribution in [0, 0.1) is 0 Å². The molecule has 4 heteroatoms. The Morgan fingerprint density at radius 1 is 0.885 bits per heavy atom. The van der Waals surface area contributed by atoms with Crippen LogP contribution in [0.25, 0.3) is 0 Å². The first-order valence-electron chi connectivity index (χ1n) is 8.67. The van der Waals surface area contributed by atoms with Gasteiger partial charge >= 0.3 is 0 Å². The van der Waals surface area contributed by atoms with E-state index in [2.05, 4.69) is 10.6 Å². The second-order valence-electron chi connectivity index (χ2n) is 5.77. The predicted molar refractivity (Wildman–Crippen MR) is 105 cm³/mol. The van der Waals surface area contributed by atoms with E-state index in [0.29, 0.717) is 18.0 Å². The van der Waals surface area contributed by atoms with E-state index in [4.69, 9.17) is 4.74 Å². The first-order valence-corrected chi connectivity index (χ1v) is 8.67. The van der Waals surface area contributed by atoms with Crippen LogP contribution in [-0.4, -0.2) is 12.5 Å². The Balaban J connectivity index is 1.86. The van der Waals surface area contributed by atoms with Crippen LogP contribution >= 0.6 is 0 Å². The van der Waals surface area contributed by atoms with Gasteiger partial charge in [0.2, 0.25) is 0 Å². The molecule has 0 unspecified atom stereocenters. The van der Waals surface area contributed by atoms with Gasteiger partial charge in [-0.1, -0.05) is 60.7 Å². The number of nitrogens with one attached hydrogen (secondary N) is 2. The maximum absolute atomic E-state index is 13.0. The van der Waals surface area contributed by atoms with E-state index < -0.39 is 6.04 Å². The van der Waals surface area contributed by atoms with Gasteiger partial charge in [0.05, 0.1) is 12.3 Å². The maximum atomic E-state index is 13.0. The van der Waals surface area contributed by atoms with Gasteiger partial charge in [-0.05, 0) is 36.8 Å². The molecule has 3 aromatic carbocycles. The molecule has 0 fully saturated rings. The third-order valence-corrected chi connectivity index (χ3v) is 3.92. The first kappa shape index (κ1) is 17.5. The molecule has 1 amide bonds. The quantitative estimate of drug-likeness (QED) is 0.641. The Bertz CT molecular complexity index is 835. The number of carbonyl (C=O) groups is 1. The number of para-hydroxylation sites is 3. The van der Waals surface area contributed by atoms with Crippen LogP contribution in [0.2, 0.25) is 0 Å². The van der Waals surface area contributed by atoms with E-state index in [1.165, 1.54) is 0 Å². The molecular weight excluding hydrogens is 324 g/mol. The van der Waals surface area contributed by atoms with E-state index in [-0.39, 0.29) is 5.91 Å². The maximum Gasteiger partial charge on any atom is 0.251 e. The molecule has 0 saturated heterocycles. The topological polar surface area (TPSA) is 50.4 Å². The average Bonchev–Trinajstić information content (AvgIpc) is 2.69. The lowest BCUT2D eigenvalue weighted by atomic mass is 10.1. The molecule has 3 aromatic rings. The minimum Gasteiger partial charge on any atom is -0.492 e. The number of ether oxygens (including phenoxy) is 1. The van der Waals surface area contributed by atoms with Crippen molar-refractivity contribution in [2.45, 2.75) is 13.0 Å². The molecule has 0 aromatic heterocycles. The van der Waals surface area contributed by atoms with Crippen LogP contribution < -0.4 is 15.4 Å². The molecule has 132 valence electrons. The van der Waals surface area contributed by atoms with Gasteiger partial charge in [0, 0.05) is 5.69 Å². The van der Waals surface area contributed by atoms with Crippen molar-refractivity contribution in [3.05, 3.63) is 90.5 Å². The molecule has 3 rings (SSSR count). The lowest BCUT2D eigenvalue weighted by Crippen LogP contribution is -2.27. The zero-order valence-electron chi connectivity index (χ0n) is 14.7. The monoisotopic (exact) mass is 346 g/mol. The second kappa shape index (κ2) is 8.72. The van der Waals surface area contributed by atoms with Crippen LogP contribution in [0.3, 0.4) is 0 Å². The fourth-order valence-corrected chi connectivity index (χ4v) is 2.70. The van der Waals surface area contributed by atoms with Gasteiger partial charge in [-0.25, -0.2) is 0 Å². The number of anilines is 2. The molecule has 0 saturated carbocycles. The van der Waals surface area contributed by atoms with Crippen LogP contribution in [0.1, 0.15) is 18.5 Å². The lowest BCUT2D eigenvalue weighted by Gasteiger charge is -2.21. The Hall–Kier alpha value is -3.27. The summed E-state index contributed by atoms with van der Waals surface area (Å²) < 4.78 is 5.61. The largest absolute Gasteiger partial charge is 0.492 e. The van der Waals surface area contributed by atoms with Crippen molar-refractivity contribution in [2.24, 2.45) is 0 Å². The van der Waals surface area contributed by atoms with Crippen molar-refractivity contribution in [3.8, 4) is 5.75 Å². The molecule has 2 N–H and O–H groups in total. The van der Waals surface area contributed by atoms with E-state index in [1.54, 1.807) is 0 Å².